The molecule has 29 heavy (non-hydrogen) atoms. The van der Waals surface area contributed by atoms with Gasteiger partial charge in [0.1, 0.15) is 23.7 Å². The summed E-state index contributed by atoms with van der Waals surface area (Å²) in [6.07, 6.45) is 5.28. The summed E-state index contributed by atoms with van der Waals surface area (Å²) < 4.78 is 5.22. The minimum atomic E-state index is 0.0619. The van der Waals surface area contributed by atoms with Gasteiger partial charge in [-0.15, -0.1) is 0 Å². The molecule has 0 radical (unpaired) electrons. The van der Waals surface area contributed by atoms with Gasteiger partial charge in [-0.25, -0.2) is 9.97 Å². The molecule has 1 atom stereocenters. The number of rotatable bonds is 8. The molecule has 1 saturated heterocycles. The van der Waals surface area contributed by atoms with Gasteiger partial charge in [-0.2, -0.15) is 0 Å². The zero-order valence-corrected chi connectivity index (χ0v) is 17.6. The Labute approximate surface area is 172 Å². The number of aromatic nitrogens is 2. The van der Waals surface area contributed by atoms with E-state index in [1.54, 1.807) is 13.4 Å². The summed E-state index contributed by atoms with van der Waals surface area (Å²) in [6.45, 7) is 6.79. The van der Waals surface area contributed by atoms with E-state index in [1.165, 1.54) is 0 Å². The van der Waals surface area contributed by atoms with Crippen molar-refractivity contribution in [2.45, 2.75) is 39.5 Å². The first-order valence-corrected chi connectivity index (χ1v) is 10.3. The lowest BCUT2D eigenvalue weighted by atomic mass is 9.93. The Balaban J connectivity index is 1.51. The quantitative estimate of drug-likeness (QED) is 0.704. The Kier molecular flexibility index (Phi) is 7.27. The molecule has 156 valence electrons. The fraction of sp³-hybridized carbons (Fsp3) is 0.500. The SMILES string of the molecule is CCNc1cc(N2CCC[C@H](CCC(=O)Nc3ccc(OC)cc3C)C2)ncn1. The molecule has 7 nitrogen and oxygen atoms in total. The smallest absolute Gasteiger partial charge is 0.224 e. The minimum absolute atomic E-state index is 0.0619. The highest BCUT2D eigenvalue weighted by Gasteiger charge is 2.22. The van der Waals surface area contributed by atoms with E-state index in [0.29, 0.717) is 12.3 Å². The van der Waals surface area contributed by atoms with Crippen molar-refractivity contribution >= 4 is 23.2 Å². The van der Waals surface area contributed by atoms with Gasteiger partial charge in [0.2, 0.25) is 5.91 Å². The van der Waals surface area contributed by atoms with Gasteiger partial charge < -0.3 is 20.3 Å². The standard InChI is InChI=1S/C22H31N5O2/c1-4-23-20-13-21(25-15-24-20)27-11-5-6-17(14-27)7-10-22(28)26-19-9-8-18(29-3)12-16(19)2/h8-9,12-13,15,17H,4-7,10-11,14H2,1-3H3,(H,26,28)(H,23,24,25)/t17-/m1/s1. The average molecular weight is 398 g/mol. The zero-order chi connectivity index (χ0) is 20.6. The van der Waals surface area contributed by atoms with Gasteiger partial charge in [-0.3, -0.25) is 4.79 Å². The number of hydrogen-bond donors (Lipinski definition) is 2. The molecular weight excluding hydrogens is 366 g/mol. The number of nitrogens with one attached hydrogen (secondary N) is 2. The number of anilines is 3. The van der Waals surface area contributed by atoms with E-state index in [-0.39, 0.29) is 5.91 Å². The van der Waals surface area contributed by atoms with Crippen LogP contribution in [0.4, 0.5) is 17.3 Å². The highest BCUT2D eigenvalue weighted by Crippen LogP contribution is 2.26. The number of benzene rings is 1. The van der Waals surface area contributed by atoms with Crippen LogP contribution in [-0.2, 0) is 4.79 Å². The second-order valence-electron chi connectivity index (χ2n) is 7.51. The van der Waals surface area contributed by atoms with Crippen LogP contribution < -0.4 is 20.3 Å². The summed E-state index contributed by atoms with van der Waals surface area (Å²) in [5.74, 6) is 3.16. The topological polar surface area (TPSA) is 79.4 Å². The third kappa shape index (κ3) is 5.82. The van der Waals surface area contributed by atoms with Crippen LogP contribution in [0, 0.1) is 12.8 Å². The van der Waals surface area contributed by atoms with Gasteiger partial charge in [-0.05, 0) is 62.8 Å². The molecule has 2 aromatic rings. The highest BCUT2D eigenvalue weighted by molar-refractivity contribution is 5.91. The van der Waals surface area contributed by atoms with Crippen molar-refractivity contribution in [3.8, 4) is 5.75 Å². The number of ether oxygens (including phenoxy) is 1. The Morgan fingerprint density at radius 3 is 2.93 bits per heavy atom. The van der Waals surface area contributed by atoms with Crippen LogP contribution in [0.2, 0.25) is 0 Å². The first-order valence-electron chi connectivity index (χ1n) is 10.3. The van der Waals surface area contributed by atoms with Gasteiger partial charge >= 0.3 is 0 Å². The fourth-order valence-electron chi connectivity index (χ4n) is 3.76. The van der Waals surface area contributed by atoms with Crippen molar-refractivity contribution in [2.75, 3.05) is 42.3 Å². The van der Waals surface area contributed by atoms with Gasteiger partial charge in [0.25, 0.3) is 0 Å². The molecule has 1 aliphatic rings. The monoisotopic (exact) mass is 397 g/mol. The van der Waals surface area contributed by atoms with E-state index in [4.69, 9.17) is 4.74 Å². The van der Waals surface area contributed by atoms with Crippen molar-refractivity contribution in [2.24, 2.45) is 5.92 Å². The molecule has 2 heterocycles. The van der Waals surface area contributed by atoms with E-state index in [9.17, 15) is 4.79 Å². The molecule has 2 N–H and O–H groups in total. The molecule has 1 amide bonds. The lowest BCUT2D eigenvalue weighted by Gasteiger charge is -2.33. The van der Waals surface area contributed by atoms with Crippen molar-refractivity contribution in [1.82, 2.24) is 9.97 Å². The summed E-state index contributed by atoms with van der Waals surface area (Å²) >= 11 is 0. The largest absolute Gasteiger partial charge is 0.497 e. The van der Waals surface area contributed by atoms with Crippen LogP contribution in [0.15, 0.2) is 30.6 Å². The number of piperidine rings is 1. The maximum Gasteiger partial charge on any atom is 0.224 e. The van der Waals surface area contributed by atoms with E-state index in [0.717, 1.165) is 67.5 Å². The maximum absolute atomic E-state index is 12.4. The van der Waals surface area contributed by atoms with E-state index in [2.05, 4.69) is 32.4 Å². The number of hydrogen-bond acceptors (Lipinski definition) is 6. The number of carbonyl (C=O) groups is 1. The molecule has 1 aromatic heterocycles. The van der Waals surface area contributed by atoms with E-state index >= 15 is 0 Å². The fourth-order valence-corrected chi connectivity index (χ4v) is 3.76. The van der Waals surface area contributed by atoms with Crippen LogP contribution in [0.5, 0.6) is 5.75 Å². The second kappa shape index (κ2) is 10.1. The molecule has 1 aromatic carbocycles. The number of nitrogens with zero attached hydrogens (tertiary/aromatic N) is 3. The van der Waals surface area contributed by atoms with Crippen LogP contribution in [0.3, 0.4) is 0 Å². The van der Waals surface area contributed by atoms with Crippen molar-refractivity contribution in [1.29, 1.82) is 0 Å². The molecule has 0 aliphatic carbocycles. The summed E-state index contributed by atoms with van der Waals surface area (Å²) in [4.78, 5) is 23.4. The van der Waals surface area contributed by atoms with Crippen molar-refractivity contribution in [3.63, 3.8) is 0 Å². The maximum atomic E-state index is 12.4. The first kappa shape index (κ1) is 20.9. The number of amides is 1. The van der Waals surface area contributed by atoms with Crippen LogP contribution in [0.25, 0.3) is 0 Å². The van der Waals surface area contributed by atoms with Crippen molar-refractivity contribution < 1.29 is 9.53 Å². The average Bonchev–Trinajstić information content (AvgIpc) is 2.74. The normalized spacial score (nSPS) is 16.4. The zero-order valence-electron chi connectivity index (χ0n) is 17.6. The molecule has 0 saturated carbocycles. The van der Waals surface area contributed by atoms with Crippen molar-refractivity contribution in [3.05, 3.63) is 36.2 Å². The lowest BCUT2D eigenvalue weighted by Crippen LogP contribution is -2.36. The Morgan fingerprint density at radius 1 is 1.31 bits per heavy atom. The van der Waals surface area contributed by atoms with Crippen LogP contribution in [-0.4, -0.2) is 42.6 Å². The van der Waals surface area contributed by atoms with E-state index < -0.39 is 0 Å². The molecule has 0 bridgehead atoms. The molecule has 1 aliphatic heterocycles. The molecule has 0 spiro atoms. The van der Waals surface area contributed by atoms with Crippen LogP contribution >= 0.6 is 0 Å². The van der Waals surface area contributed by atoms with Gasteiger partial charge in [0.05, 0.1) is 7.11 Å². The summed E-state index contributed by atoms with van der Waals surface area (Å²) in [6, 6.07) is 7.69. The molecule has 0 unspecified atom stereocenters. The summed E-state index contributed by atoms with van der Waals surface area (Å²) in [5, 5.41) is 6.26. The van der Waals surface area contributed by atoms with Gasteiger partial charge in [-0.1, -0.05) is 0 Å². The Morgan fingerprint density at radius 2 is 2.17 bits per heavy atom. The summed E-state index contributed by atoms with van der Waals surface area (Å²) in [7, 11) is 1.64. The summed E-state index contributed by atoms with van der Waals surface area (Å²) in [5.41, 5.74) is 1.85. The lowest BCUT2D eigenvalue weighted by molar-refractivity contribution is -0.116. The minimum Gasteiger partial charge on any atom is -0.497 e. The van der Waals surface area contributed by atoms with E-state index in [1.807, 2.05) is 31.2 Å². The van der Waals surface area contributed by atoms with Gasteiger partial charge in [0, 0.05) is 37.8 Å². The second-order valence-corrected chi connectivity index (χ2v) is 7.51. The number of methoxy groups -OCH3 is 1. The predicted molar refractivity (Wildman–Crippen MR) is 117 cm³/mol. The third-order valence-corrected chi connectivity index (χ3v) is 5.34. The number of aryl methyl sites for hydroxylation is 1. The number of carbonyl (C=O) groups excluding carboxylic acids is 1. The molecule has 3 rings (SSSR count). The molecular formula is C22H31N5O2. The third-order valence-electron chi connectivity index (χ3n) is 5.34. The Hall–Kier alpha value is -2.83. The predicted octanol–water partition coefficient (Wildman–Crippen LogP) is 3.86. The van der Waals surface area contributed by atoms with Crippen LogP contribution in [0.1, 0.15) is 38.2 Å². The van der Waals surface area contributed by atoms with Gasteiger partial charge in [0.15, 0.2) is 0 Å². The highest BCUT2D eigenvalue weighted by atomic mass is 16.5. The Bertz CT molecular complexity index is 827. The first-order chi connectivity index (χ1) is 14.1. The molecule has 1 fully saturated rings. The molecule has 7 heteroatoms.